The van der Waals surface area contributed by atoms with E-state index in [1.165, 1.54) is 6.33 Å². The maximum Gasteiger partial charge on any atom is 0.313 e. The van der Waals surface area contributed by atoms with Crippen molar-refractivity contribution >= 4 is 34.9 Å². The van der Waals surface area contributed by atoms with Crippen LogP contribution in [-0.2, 0) is 9.53 Å². The molecule has 1 aromatic heterocycles. The van der Waals surface area contributed by atoms with Crippen molar-refractivity contribution < 1.29 is 9.53 Å². The molecule has 2 heterocycles. The SMILES string of the molecule is CCOC(=O)CC1=Nc2c(Cl)ncnc2NN1. The first-order valence-corrected chi connectivity index (χ1v) is 5.34. The number of esters is 1. The molecule has 8 heteroatoms. The van der Waals surface area contributed by atoms with E-state index in [1.54, 1.807) is 6.92 Å². The van der Waals surface area contributed by atoms with Gasteiger partial charge in [-0.15, -0.1) is 0 Å². The van der Waals surface area contributed by atoms with Crippen LogP contribution in [-0.4, -0.2) is 28.4 Å². The first kappa shape index (κ1) is 11.6. The summed E-state index contributed by atoms with van der Waals surface area (Å²) in [6.07, 6.45) is 1.35. The summed E-state index contributed by atoms with van der Waals surface area (Å²) in [7, 11) is 0. The Morgan fingerprint density at radius 2 is 2.29 bits per heavy atom. The minimum Gasteiger partial charge on any atom is -0.466 e. The molecule has 0 bridgehead atoms. The van der Waals surface area contributed by atoms with Crippen LogP contribution < -0.4 is 10.9 Å². The molecule has 17 heavy (non-hydrogen) atoms. The zero-order chi connectivity index (χ0) is 12.3. The number of amidine groups is 1. The number of hydrogen-bond acceptors (Lipinski definition) is 7. The van der Waals surface area contributed by atoms with Gasteiger partial charge >= 0.3 is 5.97 Å². The molecule has 0 fully saturated rings. The second-order valence-electron chi connectivity index (χ2n) is 3.15. The van der Waals surface area contributed by atoms with E-state index in [-0.39, 0.29) is 17.5 Å². The number of halogens is 1. The molecule has 0 amide bonds. The molecule has 0 spiro atoms. The summed E-state index contributed by atoms with van der Waals surface area (Å²) in [5.74, 6) is 0.516. The Bertz CT molecular complexity index is 476. The van der Waals surface area contributed by atoms with Crippen LogP contribution >= 0.6 is 11.6 Å². The Hall–Kier alpha value is -1.89. The summed E-state index contributed by atoms with van der Waals surface area (Å²) in [6, 6.07) is 0. The van der Waals surface area contributed by atoms with Gasteiger partial charge < -0.3 is 4.74 Å². The lowest BCUT2D eigenvalue weighted by atomic mass is 10.3. The van der Waals surface area contributed by atoms with Crippen LogP contribution in [0.3, 0.4) is 0 Å². The van der Waals surface area contributed by atoms with Gasteiger partial charge in [0.2, 0.25) is 0 Å². The van der Waals surface area contributed by atoms with E-state index < -0.39 is 0 Å². The highest BCUT2D eigenvalue weighted by molar-refractivity contribution is 6.32. The van der Waals surface area contributed by atoms with Crippen molar-refractivity contribution in [2.75, 3.05) is 12.0 Å². The molecule has 90 valence electrons. The minimum absolute atomic E-state index is 0.0332. The molecule has 0 aliphatic carbocycles. The van der Waals surface area contributed by atoms with Gasteiger partial charge in [-0.05, 0) is 6.92 Å². The molecule has 1 aromatic rings. The van der Waals surface area contributed by atoms with E-state index in [1.807, 2.05) is 0 Å². The second-order valence-corrected chi connectivity index (χ2v) is 3.51. The van der Waals surface area contributed by atoms with Crippen LogP contribution in [0.2, 0.25) is 5.15 Å². The molecule has 1 aliphatic rings. The number of nitrogens with one attached hydrogen (secondary N) is 2. The highest BCUT2D eigenvalue weighted by atomic mass is 35.5. The monoisotopic (exact) mass is 255 g/mol. The quantitative estimate of drug-likeness (QED) is 0.620. The van der Waals surface area contributed by atoms with Gasteiger partial charge in [0.15, 0.2) is 11.0 Å². The Labute approximate surface area is 102 Å². The molecule has 2 rings (SSSR count). The number of nitrogens with zero attached hydrogens (tertiary/aromatic N) is 3. The average Bonchev–Trinajstić information content (AvgIpc) is 2.30. The highest BCUT2D eigenvalue weighted by Gasteiger charge is 2.17. The van der Waals surface area contributed by atoms with Crippen LogP contribution in [0.4, 0.5) is 11.5 Å². The van der Waals surface area contributed by atoms with Crippen molar-refractivity contribution in [3.8, 4) is 0 Å². The normalized spacial score (nSPS) is 12.9. The number of hydrogen-bond donors (Lipinski definition) is 2. The number of aliphatic imine (C=N–C) groups is 1. The van der Waals surface area contributed by atoms with E-state index in [0.29, 0.717) is 23.9 Å². The number of anilines is 1. The van der Waals surface area contributed by atoms with E-state index in [2.05, 4.69) is 25.8 Å². The Morgan fingerprint density at radius 1 is 1.47 bits per heavy atom. The summed E-state index contributed by atoms with van der Waals surface area (Å²) in [5.41, 5.74) is 5.93. The fourth-order valence-corrected chi connectivity index (χ4v) is 1.45. The van der Waals surface area contributed by atoms with Crippen LogP contribution in [0.5, 0.6) is 0 Å². The number of fused-ring (bicyclic) bond motifs is 1. The smallest absolute Gasteiger partial charge is 0.313 e. The van der Waals surface area contributed by atoms with Gasteiger partial charge in [-0.1, -0.05) is 11.6 Å². The Morgan fingerprint density at radius 3 is 3.06 bits per heavy atom. The third kappa shape index (κ3) is 2.62. The second kappa shape index (κ2) is 4.96. The highest BCUT2D eigenvalue weighted by Crippen LogP contribution is 2.30. The number of carbonyl (C=O) groups excluding carboxylic acids is 1. The van der Waals surface area contributed by atoms with E-state index in [9.17, 15) is 4.79 Å². The van der Waals surface area contributed by atoms with Gasteiger partial charge in [-0.2, -0.15) is 0 Å². The summed E-state index contributed by atoms with van der Waals surface area (Å²) in [5, 5.41) is 0.227. The molecule has 0 saturated carbocycles. The van der Waals surface area contributed by atoms with E-state index >= 15 is 0 Å². The number of rotatable bonds is 3. The molecular formula is C9H10ClN5O2. The van der Waals surface area contributed by atoms with Crippen molar-refractivity contribution in [2.45, 2.75) is 13.3 Å². The molecule has 0 aromatic carbocycles. The number of aromatic nitrogens is 2. The fraction of sp³-hybridized carbons (Fsp3) is 0.333. The summed E-state index contributed by atoms with van der Waals surface area (Å²) in [4.78, 5) is 23.2. The standard InChI is InChI=1S/C9H10ClN5O2/c1-2-17-6(16)3-5-13-7-8(10)11-4-12-9(7)15-14-5/h4H,2-3H2,1H3,(H,13,14)(H,11,12,15). The predicted octanol–water partition coefficient (Wildman–Crippen LogP) is 1.04. The first-order valence-electron chi connectivity index (χ1n) is 4.96. The maximum absolute atomic E-state index is 11.3. The Kier molecular flexibility index (Phi) is 3.38. The maximum atomic E-state index is 11.3. The lowest BCUT2D eigenvalue weighted by Gasteiger charge is -2.18. The van der Waals surface area contributed by atoms with Crippen molar-refractivity contribution in [3.05, 3.63) is 11.5 Å². The third-order valence-electron chi connectivity index (χ3n) is 1.97. The molecule has 1 aliphatic heterocycles. The van der Waals surface area contributed by atoms with Crippen LogP contribution in [0.15, 0.2) is 11.3 Å². The van der Waals surface area contributed by atoms with E-state index in [0.717, 1.165) is 0 Å². The first-order chi connectivity index (χ1) is 8.20. The predicted molar refractivity (Wildman–Crippen MR) is 62.1 cm³/mol. The van der Waals surface area contributed by atoms with Crippen molar-refractivity contribution in [2.24, 2.45) is 4.99 Å². The van der Waals surface area contributed by atoms with Gasteiger partial charge in [0, 0.05) is 0 Å². The molecule has 0 radical (unpaired) electrons. The van der Waals surface area contributed by atoms with Crippen LogP contribution in [0.25, 0.3) is 0 Å². The number of ether oxygens (including phenoxy) is 1. The molecular weight excluding hydrogens is 246 g/mol. The molecule has 2 N–H and O–H groups in total. The summed E-state index contributed by atoms with van der Waals surface area (Å²) >= 11 is 5.86. The van der Waals surface area contributed by atoms with Gasteiger partial charge in [-0.25, -0.2) is 15.0 Å². The number of hydrazine groups is 1. The largest absolute Gasteiger partial charge is 0.466 e. The van der Waals surface area contributed by atoms with Gasteiger partial charge in [0.05, 0.1) is 6.61 Å². The minimum atomic E-state index is -0.364. The van der Waals surface area contributed by atoms with Gasteiger partial charge in [-0.3, -0.25) is 15.6 Å². The third-order valence-corrected chi connectivity index (χ3v) is 2.24. The van der Waals surface area contributed by atoms with Crippen molar-refractivity contribution in [3.63, 3.8) is 0 Å². The molecule has 0 saturated heterocycles. The lowest BCUT2D eigenvalue weighted by molar-refractivity contribution is -0.141. The van der Waals surface area contributed by atoms with Gasteiger partial charge in [0.25, 0.3) is 0 Å². The van der Waals surface area contributed by atoms with Crippen molar-refractivity contribution in [1.29, 1.82) is 0 Å². The van der Waals surface area contributed by atoms with Crippen LogP contribution in [0, 0.1) is 0 Å². The van der Waals surface area contributed by atoms with Gasteiger partial charge in [0.1, 0.15) is 24.3 Å². The fourth-order valence-electron chi connectivity index (χ4n) is 1.27. The summed E-state index contributed by atoms with van der Waals surface area (Å²) in [6.45, 7) is 2.08. The zero-order valence-corrected chi connectivity index (χ0v) is 9.78. The lowest BCUT2D eigenvalue weighted by Crippen LogP contribution is -2.34. The average molecular weight is 256 g/mol. The molecule has 0 atom stereocenters. The summed E-state index contributed by atoms with van der Waals surface area (Å²) < 4.78 is 4.81. The molecule has 0 unspecified atom stereocenters. The van der Waals surface area contributed by atoms with E-state index in [4.69, 9.17) is 16.3 Å². The number of carbonyl (C=O) groups is 1. The zero-order valence-electron chi connectivity index (χ0n) is 9.03. The Balaban J connectivity index is 2.17. The van der Waals surface area contributed by atoms with Crippen LogP contribution in [0.1, 0.15) is 13.3 Å². The topological polar surface area (TPSA) is 88.5 Å². The van der Waals surface area contributed by atoms with Crippen molar-refractivity contribution in [1.82, 2.24) is 15.4 Å². The molecule has 7 nitrogen and oxygen atoms in total.